The molecule has 3 nitrogen and oxygen atoms in total. The monoisotopic (exact) mass is 465 g/mol. The predicted octanol–water partition coefficient (Wildman–Crippen LogP) is 7.14. The van der Waals surface area contributed by atoms with E-state index in [4.69, 9.17) is 9.47 Å². The molecule has 0 saturated carbocycles. The van der Waals surface area contributed by atoms with Crippen molar-refractivity contribution in [2.75, 3.05) is 26.8 Å². The van der Waals surface area contributed by atoms with Gasteiger partial charge in [0.05, 0.1) is 13.7 Å². The van der Waals surface area contributed by atoms with Crippen LogP contribution in [0.5, 0.6) is 11.5 Å². The van der Waals surface area contributed by atoms with Crippen molar-refractivity contribution in [1.29, 1.82) is 0 Å². The lowest BCUT2D eigenvalue weighted by atomic mass is 9.81. The van der Waals surface area contributed by atoms with Crippen LogP contribution >= 0.6 is 0 Å². The quantitative estimate of drug-likeness (QED) is 0.283. The smallest absolute Gasteiger partial charge is 0.123 e. The average Bonchev–Trinajstić information content (AvgIpc) is 2.89. The summed E-state index contributed by atoms with van der Waals surface area (Å²) in [6.45, 7) is 7.78. The fourth-order valence-electron chi connectivity index (χ4n) is 5.52. The Balaban J connectivity index is 0.000000306. The van der Waals surface area contributed by atoms with Crippen LogP contribution in [0.1, 0.15) is 42.9 Å². The van der Waals surface area contributed by atoms with E-state index in [1.807, 2.05) is 25.1 Å². The maximum atomic E-state index is 5.99. The Bertz CT molecular complexity index is 1260. The van der Waals surface area contributed by atoms with Crippen LogP contribution in [0.15, 0.2) is 91.0 Å². The van der Waals surface area contributed by atoms with Gasteiger partial charge in [-0.2, -0.15) is 0 Å². The minimum atomic E-state index is 0.0692. The zero-order valence-electron chi connectivity index (χ0n) is 21.0. The Morgan fingerprint density at radius 1 is 0.857 bits per heavy atom. The normalized spacial score (nSPS) is 19.4. The summed E-state index contributed by atoms with van der Waals surface area (Å²) in [5.41, 5.74) is 3.66. The molecule has 0 bridgehead atoms. The second-order valence-electron chi connectivity index (χ2n) is 9.57. The van der Waals surface area contributed by atoms with E-state index in [1.165, 1.54) is 47.0 Å². The van der Waals surface area contributed by atoms with Crippen molar-refractivity contribution in [1.82, 2.24) is 4.90 Å². The Morgan fingerprint density at radius 3 is 2.20 bits per heavy atom. The fraction of sp³-hybridized carbons (Fsp3) is 0.312. The third-order valence-electron chi connectivity index (χ3n) is 7.47. The van der Waals surface area contributed by atoms with Gasteiger partial charge in [-0.25, -0.2) is 0 Å². The lowest BCUT2D eigenvalue weighted by Crippen LogP contribution is -2.63. The van der Waals surface area contributed by atoms with Gasteiger partial charge in [0.2, 0.25) is 0 Å². The van der Waals surface area contributed by atoms with Gasteiger partial charge in [-0.05, 0) is 65.9 Å². The number of fused-ring (bicyclic) bond motifs is 2. The Hall–Kier alpha value is -3.30. The number of piperidine rings is 1. The van der Waals surface area contributed by atoms with Gasteiger partial charge in [-0.15, -0.1) is 0 Å². The maximum Gasteiger partial charge on any atom is 0.123 e. The molecule has 3 unspecified atom stereocenters. The fourth-order valence-corrected chi connectivity index (χ4v) is 5.52. The highest BCUT2D eigenvalue weighted by atomic mass is 16.5. The molecule has 0 N–H and O–H groups in total. The Kier molecular flexibility index (Phi) is 7.06. The molecule has 0 amide bonds. The van der Waals surface area contributed by atoms with Gasteiger partial charge >= 0.3 is 0 Å². The van der Waals surface area contributed by atoms with Gasteiger partial charge in [0.1, 0.15) is 11.5 Å². The third kappa shape index (κ3) is 4.78. The molecule has 2 aliphatic heterocycles. The molecular formula is C32H35NO2. The number of hydrogen-bond donors (Lipinski definition) is 0. The van der Waals surface area contributed by atoms with Gasteiger partial charge < -0.3 is 9.47 Å². The number of ether oxygens (including phenoxy) is 2. The lowest BCUT2D eigenvalue weighted by molar-refractivity contribution is -0.0572. The van der Waals surface area contributed by atoms with Crippen molar-refractivity contribution in [3.05, 3.63) is 108 Å². The zero-order valence-corrected chi connectivity index (χ0v) is 21.0. The third-order valence-corrected chi connectivity index (χ3v) is 7.47. The summed E-state index contributed by atoms with van der Waals surface area (Å²) in [5, 5.41) is 2.50. The van der Waals surface area contributed by atoms with E-state index in [9.17, 15) is 0 Å². The summed E-state index contributed by atoms with van der Waals surface area (Å²) in [6.07, 6.45) is 1.47. The summed E-state index contributed by atoms with van der Waals surface area (Å²) < 4.78 is 11.4. The highest BCUT2D eigenvalue weighted by Crippen LogP contribution is 2.40. The van der Waals surface area contributed by atoms with Crippen molar-refractivity contribution in [3.8, 4) is 11.5 Å². The summed E-state index contributed by atoms with van der Waals surface area (Å²) in [7, 11) is 1.70. The van der Waals surface area contributed by atoms with Crippen molar-refractivity contribution < 1.29 is 9.47 Å². The van der Waals surface area contributed by atoms with Crippen molar-refractivity contribution in [2.24, 2.45) is 5.92 Å². The van der Waals surface area contributed by atoms with E-state index in [2.05, 4.69) is 84.6 Å². The van der Waals surface area contributed by atoms with Crippen LogP contribution in [0.3, 0.4) is 0 Å². The highest BCUT2D eigenvalue weighted by Gasteiger charge is 2.41. The summed E-state index contributed by atoms with van der Waals surface area (Å²) in [4.78, 5) is 2.55. The topological polar surface area (TPSA) is 21.7 Å². The number of benzene rings is 4. The molecule has 0 radical (unpaired) electrons. The largest absolute Gasteiger partial charge is 0.497 e. The minimum absolute atomic E-state index is 0.0692. The first-order valence-corrected chi connectivity index (χ1v) is 12.8. The molecule has 6 rings (SSSR count). The molecule has 3 atom stereocenters. The molecule has 2 fully saturated rings. The van der Waals surface area contributed by atoms with Gasteiger partial charge in [-0.1, -0.05) is 79.7 Å². The van der Waals surface area contributed by atoms with Gasteiger partial charge in [0.25, 0.3) is 0 Å². The van der Waals surface area contributed by atoms with Crippen LogP contribution in [0.2, 0.25) is 0 Å². The number of nitrogens with zero attached hydrogens (tertiary/aromatic N) is 1. The number of rotatable bonds is 6. The zero-order chi connectivity index (χ0) is 24.2. The molecule has 2 saturated heterocycles. The molecule has 4 aromatic carbocycles. The highest BCUT2D eigenvalue weighted by molar-refractivity contribution is 5.87. The van der Waals surface area contributed by atoms with E-state index < -0.39 is 0 Å². The molecule has 35 heavy (non-hydrogen) atoms. The van der Waals surface area contributed by atoms with E-state index in [-0.39, 0.29) is 5.92 Å². The van der Waals surface area contributed by atoms with E-state index in [1.54, 1.807) is 7.11 Å². The van der Waals surface area contributed by atoms with Crippen molar-refractivity contribution in [3.63, 3.8) is 0 Å². The first-order valence-electron chi connectivity index (χ1n) is 12.8. The van der Waals surface area contributed by atoms with Crippen LogP contribution in [0, 0.1) is 5.92 Å². The SMILES string of the molecule is CC1CN2CCC12.CCOc1ccccc1C(c1ccc(OC)cc1)c1cccc2ccccc12. The van der Waals surface area contributed by atoms with Crippen LogP contribution in [0.4, 0.5) is 0 Å². The van der Waals surface area contributed by atoms with E-state index >= 15 is 0 Å². The van der Waals surface area contributed by atoms with E-state index in [0.717, 1.165) is 23.5 Å². The molecule has 0 spiro atoms. The maximum absolute atomic E-state index is 5.99. The lowest BCUT2D eigenvalue weighted by Gasteiger charge is -2.55. The summed E-state index contributed by atoms with van der Waals surface area (Å²) in [5.74, 6) is 2.88. The molecule has 0 aliphatic carbocycles. The molecule has 0 aromatic heterocycles. The van der Waals surface area contributed by atoms with Crippen LogP contribution < -0.4 is 9.47 Å². The second kappa shape index (κ2) is 10.5. The van der Waals surface area contributed by atoms with Gasteiger partial charge in [0, 0.05) is 24.1 Å². The molecule has 2 aliphatic rings. The van der Waals surface area contributed by atoms with E-state index in [0.29, 0.717) is 6.61 Å². The summed E-state index contributed by atoms with van der Waals surface area (Å²) >= 11 is 0. The predicted molar refractivity (Wildman–Crippen MR) is 145 cm³/mol. The molecule has 180 valence electrons. The molecule has 4 aromatic rings. The standard InChI is InChI=1S/C26H24O2.C6H11N/c1-3-28-25-14-7-6-12-24(25)26(20-15-17-21(27-2)18-16-20)23-13-8-10-19-9-4-5-11-22(19)23;1-5-4-7-3-2-6(5)7/h4-18,26H,3H2,1-2H3;5-6H,2-4H2,1H3. The number of para-hydroxylation sites is 1. The first kappa shape index (κ1) is 23.4. The van der Waals surface area contributed by atoms with Gasteiger partial charge in [0.15, 0.2) is 0 Å². The molecule has 2 heterocycles. The molecular weight excluding hydrogens is 430 g/mol. The van der Waals surface area contributed by atoms with Crippen LogP contribution in [-0.4, -0.2) is 37.7 Å². The van der Waals surface area contributed by atoms with Crippen LogP contribution in [0.25, 0.3) is 10.8 Å². The molecule has 3 heteroatoms. The average molecular weight is 466 g/mol. The van der Waals surface area contributed by atoms with Crippen LogP contribution in [-0.2, 0) is 0 Å². The Labute approximate surface area is 209 Å². The second-order valence-corrected chi connectivity index (χ2v) is 9.57. The minimum Gasteiger partial charge on any atom is -0.497 e. The summed E-state index contributed by atoms with van der Waals surface area (Å²) in [6, 6.07) is 32.8. The van der Waals surface area contributed by atoms with Crippen molar-refractivity contribution >= 4 is 10.8 Å². The number of hydrogen-bond acceptors (Lipinski definition) is 3. The first-order chi connectivity index (χ1) is 17.2. The number of methoxy groups -OCH3 is 1. The Morgan fingerprint density at radius 2 is 1.57 bits per heavy atom. The van der Waals surface area contributed by atoms with Gasteiger partial charge in [-0.3, -0.25) is 4.90 Å². The van der Waals surface area contributed by atoms with Crippen molar-refractivity contribution in [2.45, 2.75) is 32.2 Å².